The van der Waals surface area contributed by atoms with E-state index in [1.807, 2.05) is 38.1 Å². The maximum atomic E-state index is 15.2. The van der Waals surface area contributed by atoms with Crippen LogP contribution in [0.2, 0.25) is 0 Å². The highest BCUT2D eigenvalue weighted by Crippen LogP contribution is 2.37. The van der Waals surface area contributed by atoms with Gasteiger partial charge < -0.3 is 15.5 Å². The van der Waals surface area contributed by atoms with Gasteiger partial charge in [-0.15, -0.1) is 0 Å². The third kappa shape index (κ3) is 5.38. The molecule has 2 N–H and O–H groups in total. The Bertz CT molecular complexity index is 1180. The number of halogens is 2. The van der Waals surface area contributed by atoms with Crippen molar-refractivity contribution in [3.63, 3.8) is 0 Å². The maximum Gasteiger partial charge on any atom is 0.247 e. The molecule has 2 aromatic rings. The fraction of sp³-hybridized carbons (Fsp3) is 0.483. The number of benzene rings is 2. The number of nitrogens with one attached hydrogen (secondary N) is 2. The van der Waals surface area contributed by atoms with E-state index in [0.717, 1.165) is 17.2 Å². The lowest BCUT2D eigenvalue weighted by atomic mass is 9.85. The van der Waals surface area contributed by atoms with Crippen LogP contribution in [0.5, 0.6) is 0 Å². The number of amides is 3. The summed E-state index contributed by atoms with van der Waals surface area (Å²) in [7, 11) is 0. The highest BCUT2D eigenvalue weighted by molar-refractivity contribution is 6.00. The molecule has 1 fully saturated rings. The van der Waals surface area contributed by atoms with E-state index in [4.69, 9.17) is 0 Å². The number of rotatable bonds is 6. The summed E-state index contributed by atoms with van der Waals surface area (Å²) in [5.41, 5.74) is 1.41. The predicted molar refractivity (Wildman–Crippen MR) is 136 cm³/mol. The molecule has 3 amide bonds. The summed E-state index contributed by atoms with van der Waals surface area (Å²) in [6.07, 6.45) is 1.78. The zero-order chi connectivity index (χ0) is 27.1. The van der Waals surface area contributed by atoms with Gasteiger partial charge in [0.1, 0.15) is 29.8 Å². The Morgan fingerprint density at radius 1 is 1.11 bits per heavy atom. The fourth-order valence-corrected chi connectivity index (χ4v) is 5.49. The van der Waals surface area contributed by atoms with Crippen molar-refractivity contribution in [2.75, 3.05) is 0 Å². The highest BCUT2D eigenvalue weighted by atomic mass is 19.1. The van der Waals surface area contributed by atoms with Crippen LogP contribution in [-0.2, 0) is 27.2 Å². The van der Waals surface area contributed by atoms with Gasteiger partial charge in [-0.05, 0) is 62.6 Å². The van der Waals surface area contributed by atoms with Crippen LogP contribution in [0, 0.1) is 23.5 Å². The van der Waals surface area contributed by atoms with Gasteiger partial charge in [0.2, 0.25) is 17.7 Å². The molecule has 2 aromatic carbocycles. The summed E-state index contributed by atoms with van der Waals surface area (Å²) in [6, 6.07) is 7.56. The van der Waals surface area contributed by atoms with Crippen molar-refractivity contribution in [1.82, 2.24) is 15.5 Å². The Kier molecular flexibility index (Phi) is 7.40. The molecule has 6 nitrogen and oxygen atoms in total. The summed E-state index contributed by atoms with van der Waals surface area (Å²) in [5, 5.41) is 5.78. The van der Waals surface area contributed by atoms with E-state index in [2.05, 4.69) is 10.6 Å². The molecule has 1 saturated heterocycles. The van der Waals surface area contributed by atoms with Crippen LogP contribution in [0.1, 0.15) is 63.8 Å². The fourth-order valence-electron chi connectivity index (χ4n) is 5.49. The first-order valence-electron chi connectivity index (χ1n) is 12.9. The van der Waals surface area contributed by atoms with Crippen molar-refractivity contribution < 1.29 is 23.2 Å². The van der Waals surface area contributed by atoms with Gasteiger partial charge in [0.15, 0.2) is 0 Å². The van der Waals surface area contributed by atoms with E-state index >= 15 is 4.39 Å². The summed E-state index contributed by atoms with van der Waals surface area (Å²) in [4.78, 5) is 42.8. The van der Waals surface area contributed by atoms with Crippen LogP contribution in [0.4, 0.5) is 8.78 Å². The topological polar surface area (TPSA) is 78.5 Å². The quantitative estimate of drug-likeness (QED) is 0.614. The Balaban J connectivity index is 1.81. The largest absolute Gasteiger partial charge is 0.349 e. The lowest BCUT2D eigenvalue weighted by Crippen LogP contribution is -2.68. The number of carbonyl (C=O) groups excluding carboxylic acids is 3. The van der Waals surface area contributed by atoms with Crippen LogP contribution in [0.25, 0.3) is 0 Å². The van der Waals surface area contributed by atoms with Crippen LogP contribution >= 0.6 is 0 Å². The Hall–Kier alpha value is -3.29. The van der Waals surface area contributed by atoms with E-state index in [0.29, 0.717) is 25.3 Å². The first kappa shape index (κ1) is 26.8. The zero-order valence-electron chi connectivity index (χ0n) is 22.0. The van der Waals surface area contributed by atoms with Crippen LogP contribution < -0.4 is 10.6 Å². The van der Waals surface area contributed by atoms with Gasteiger partial charge in [-0.3, -0.25) is 14.4 Å². The molecule has 0 aromatic heterocycles. The lowest BCUT2D eigenvalue weighted by molar-refractivity contribution is -0.159. The molecule has 1 aliphatic carbocycles. The van der Waals surface area contributed by atoms with Crippen LogP contribution in [-0.4, -0.2) is 40.2 Å². The van der Waals surface area contributed by atoms with E-state index in [9.17, 15) is 18.8 Å². The second-order valence-corrected chi connectivity index (χ2v) is 11.3. The Labute approximate surface area is 216 Å². The van der Waals surface area contributed by atoms with Gasteiger partial charge in [0, 0.05) is 17.2 Å². The van der Waals surface area contributed by atoms with Crippen molar-refractivity contribution >= 4 is 17.7 Å². The molecule has 198 valence electrons. The molecular formula is C29H35F2N3O3. The second-order valence-electron chi connectivity index (χ2n) is 11.3. The molecular weight excluding hydrogens is 476 g/mol. The van der Waals surface area contributed by atoms with Gasteiger partial charge in [-0.2, -0.15) is 0 Å². The Morgan fingerprint density at radius 3 is 2.27 bits per heavy atom. The average Bonchev–Trinajstić information content (AvgIpc) is 3.25. The van der Waals surface area contributed by atoms with Gasteiger partial charge >= 0.3 is 0 Å². The number of carbonyl (C=O) groups is 3. The van der Waals surface area contributed by atoms with Gasteiger partial charge in [0.05, 0.1) is 0 Å². The zero-order valence-corrected chi connectivity index (χ0v) is 22.0. The van der Waals surface area contributed by atoms with E-state index in [1.54, 1.807) is 20.8 Å². The minimum Gasteiger partial charge on any atom is -0.349 e. The first-order chi connectivity index (χ1) is 17.4. The minimum atomic E-state index is -1.44. The van der Waals surface area contributed by atoms with Crippen molar-refractivity contribution in [2.45, 2.75) is 77.5 Å². The molecule has 2 aliphatic rings. The van der Waals surface area contributed by atoms with Crippen molar-refractivity contribution in [2.24, 2.45) is 11.8 Å². The van der Waals surface area contributed by atoms with E-state index < -0.39 is 47.1 Å². The highest BCUT2D eigenvalue weighted by Gasteiger charge is 2.51. The average molecular weight is 512 g/mol. The Morgan fingerprint density at radius 2 is 1.73 bits per heavy atom. The van der Waals surface area contributed by atoms with Gasteiger partial charge in [-0.25, -0.2) is 8.78 Å². The molecule has 4 atom stereocenters. The number of hydrogen-bond acceptors (Lipinski definition) is 3. The monoisotopic (exact) mass is 511 g/mol. The SMILES string of the molecule is CC[C@H](C)[C@@H]1C(=O)N[C@H](C2Cc3ccccc3C2)C(=O)N1C(C(=O)NC(C)(C)C)c1ccc(F)cc1F. The van der Waals surface area contributed by atoms with Crippen LogP contribution in [0.15, 0.2) is 42.5 Å². The molecule has 0 bridgehead atoms. The third-order valence-electron chi connectivity index (χ3n) is 7.41. The smallest absolute Gasteiger partial charge is 0.247 e. The van der Waals surface area contributed by atoms with Crippen LogP contribution in [0.3, 0.4) is 0 Å². The number of nitrogens with zero attached hydrogens (tertiary/aromatic N) is 1. The molecule has 0 spiro atoms. The molecule has 1 heterocycles. The second kappa shape index (κ2) is 10.2. The number of hydrogen-bond donors (Lipinski definition) is 2. The molecule has 1 aliphatic heterocycles. The summed E-state index contributed by atoms with van der Waals surface area (Å²) < 4.78 is 29.0. The lowest BCUT2D eigenvalue weighted by Gasteiger charge is -2.46. The molecule has 1 unspecified atom stereocenters. The molecule has 0 saturated carbocycles. The molecule has 37 heavy (non-hydrogen) atoms. The number of piperazine rings is 1. The summed E-state index contributed by atoms with van der Waals surface area (Å²) >= 11 is 0. The third-order valence-corrected chi connectivity index (χ3v) is 7.41. The van der Waals surface area contributed by atoms with E-state index in [1.165, 1.54) is 11.0 Å². The molecule has 0 radical (unpaired) electrons. The standard InChI is InChI=1S/C29H35F2N3O3/c1-6-16(2)24-26(35)32-23(19-13-17-9-7-8-10-18(17)14-19)28(37)34(24)25(27(36)33-29(3,4)5)21-12-11-20(30)15-22(21)31/h7-12,15-16,19,23-25H,6,13-14H2,1-5H3,(H,32,35)(H,33,36)/t16-,23+,24+,25?/m0/s1. The molecule has 4 rings (SSSR count). The first-order valence-corrected chi connectivity index (χ1v) is 12.9. The number of fused-ring (bicyclic) bond motifs is 1. The maximum absolute atomic E-state index is 15.2. The normalized spacial score (nSPS) is 21.9. The predicted octanol–water partition coefficient (Wildman–Crippen LogP) is 4.08. The minimum absolute atomic E-state index is 0.145. The van der Waals surface area contributed by atoms with E-state index in [-0.39, 0.29) is 23.3 Å². The molecule has 8 heteroatoms. The van der Waals surface area contributed by atoms with Crippen molar-refractivity contribution in [3.8, 4) is 0 Å². The van der Waals surface area contributed by atoms with Crippen molar-refractivity contribution in [1.29, 1.82) is 0 Å². The van der Waals surface area contributed by atoms with Gasteiger partial charge in [0.25, 0.3) is 0 Å². The van der Waals surface area contributed by atoms with Gasteiger partial charge in [-0.1, -0.05) is 50.6 Å². The van der Waals surface area contributed by atoms with Crippen molar-refractivity contribution in [3.05, 3.63) is 70.8 Å². The summed E-state index contributed by atoms with van der Waals surface area (Å²) in [5.74, 6) is -3.66. The summed E-state index contributed by atoms with van der Waals surface area (Å²) in [6.45, 7) is 9.05.